The third-order valence-corrected chi connectivity index (χ3v) is 1.75. The molecule has 7 heavy (non-hydrogen) atoms. The van der Waals surface area contributed by atoms with Crippen LogP contribution in [-0.2, 0) is 0 Å². The van der Waals surface area contributed by atoms with E-state index in [1.165, 1.54) is 24.1 Å². The highest BCUT2D eigenvalue weighted by Crippen LogP contribution is 2.23. The third kappa shape index (κ3) is 1.64. The van der Waals surface area contributed by atoms with E-state index in [2.05, 4.69) is 28.1 Å². The van der Waals surface area contributed by atoms with Gasteiger partial charge >= 0.3 is 0 Å². The van der Waals surface area contributed by atoms with Crippen molar-refractivity contribution in [3.63, 3.8) is 0 Å². The topological polar surface area (TPSA) is 0 Å². The third-order valence-electron chi connectivity index (χ3n) is 1.09. The molecule has 0 aromatic heterocycles. The summed E-state index contributed by atoms with van der Waals surface area (Å²) in [5.74, 6) is 0. The molecule has 1 aliphatic rings. The van der Waals surface area contributed by atoms with Crippen LogP contribution in [0.25, 0.3) is 0 Å². The quantitative estimate of drug-likeness (QED) is 0.511. The second-order valence-electron chi connectivity index (χ2n) is 1.74. The summed E-state index contributed by atoms with van der Waals surface area (Å²) in [6, 6.07) is 0. The molecule has 0 saturated carbocycles. The lowest BCUT2D eigenvalue weighted by atomic mass is 10.1. The average Bonchev–Trinajstić information content (AvgIpc) is 1.69. The van der Waals surface area contributed by atoms with Crippen molar-refractivity contribution >= 4 is 15.9 Å². The van der Waals surface area contributed by atoms with E-state index < -0.39 is 0 Å². The van der Waals surface area contributed by atoms with Crippen LogP contribution in [0.5, 0.6) is 0 Å². The second-order valence-corrected chi connectivity index (χ2v) is 2.76. The predicted octanol–water partition coefficient (Wildman–Crippen LogP) is 2.65. The maximum atomic E-state index is 3.42. The van der Waals surface area contributed by atoms with Gasteiger partial charge in [-0.1, -0.05) is 28.1 Å². The SMILES string of the molecule is Br[C]1C=CCCC1. The predicted molar refractivity (Wildman–Crippen MR) is 35.2 cm³/mol. The highest BCUT2D eigenvalue weighted by molar-refractivity contribution is 9.11. The standard InChI is InChI=1S/C6H8Br/c7-6-4-2-1-3-5-6/h2,4H,1,3,5H2. The molecule has 0 aromatic carbocycles. The van der Waals surface area contributed by atoms with E-state index in [-0.39, 0.29) is 0 Å². The van der Waals surface area contributed by atoms with Crippen LogP contribution in [0.4, 0.5) is 0 Å². The Morgan fingerprint density at radius 2 is 2.43 bits per heavy atom. The van der Waals surface area contributed by atoms with Gasteiger partial charge in [-0.15, -0.1) is 0 Å². The van der Waals surface area contributed by atoms with E-state index in [1.807, 2.05) is 0 Å². The fraction of sp³-hybridized carbons (Fsp3) is 0.500. The Labute approximate surface area is 52.7 Å². The van der Waals surface area contributed by atoms with Gasteiger partial charge in [0.1, 0.15) is 0 Å². The van der Waals surface area contributed by atoms with Crippen LogP contribution in [0.2, 0.25) is 0 Å². The Bertz CT molecular complexity index is 76.2. The summed E-state index contributed by atoms with van der Waals surface area (Å²) in [7, 11) is 0. The molecule has 0 amide bonds. The first kappa shape index (κ1) is 5.36. The first-order valence-corrected chi connectivity index (χ1v) is 3.37. The lowest BCUT2D eigenvalue weighted by molar-refractivity contribution is 0.807. The minimum atomic E-state index is 1.23. The van der Waals surface area contributed by atoms with E-state index >= 15 is 0 Å². The van der Waals surface area contributed by atoms with Crippen molar-refractivity contribution < 1.29 is 0 Å². The van der Waals surface area contributed by atoms with Gasteiger partial charge in [0.2, 0.25) is 0 Å². The fourth-order valence-electron chi connectivity index (χ4n) is 0.683. The van der Waals surface area contributed by atoms with Gasteiger partial charge in [-0.05, 0) is 19.3 Å². The number of halogens is 1. The number of hydrogen-bond donors (Lipinski definition) is 0. The molecule has 0 atom stereocenters. The highest BCUT2D eigenvalue weighted by Gasteiger charge is 2.01. The number of allylic oxidation sites excluding steroid dienone is 2. The molecule has 1 heteroatoms. The van der Waals surface area contributed by atoms with Crippen LogP contribution < -0.4 is 0 Å². The summed E-state index contributed by atoms with van der Waals surface area (Å²) in [6.45, 7) is 0. The molecule has 1 radical (unpaired) electrons. The summed E-state index contributed by atoms with van der Waals surface area (Å²) < 4.78 is 0. The van der Waals surface area contributed by atoms with Gasteiger partial charge in [-0.25, -0.2) is 0 Å². The van der Waals surface area contributed by atoms with Crippen LogP contribution in [-0.4, -0.2) is 0 Å². The van der Waals surface area contributed by atoms with Crippen molar-refractivity contribution in [2.75, 3.05) is 0 Å². The zero-order valence-corrected chi connectivity index (χ0v) is 5.74. The molecule has 0 heterocycles. The summed E-state index contributed by atoms with van der Waals surface area (Å²) in [5, 5.41) is 0. The monoisotopic (exact) mass is 159 g/mol. The highest BCUT2D eigenvalue weighted by atomic mass is 79.9. The van der Waals surface area contributed by atoms with Gasteiger partial charge in [-0.3, -0.25) is 0 Å². The molecule has 0 aromatic rings. The van der Waals surface area contributed by atoms with Crippen LogP contribution >= 0.6 is 15.9 Å². The largest absolute Gasteiger partial charge is 0.0871 e. The van der Waals surface area contributed by atoms with E-state index in [1.54, 1.807) is 0 Å². The summed E-state index contributed by atoms with van der Waals surface area (Å²) in [5.41, 5.74) is 0. The summed E-state index contributed by atoms with van der Waals surface area (Å²) in [4.78, 5) is 1.35. The van der Waals surface area contributed by atoms with Gasteiger partial charge in [0, 0.05) is 0 Å². The normalized spacial score (nSPS) is 23.0. The Balaban J connectivity index is 2.36. The van der Waals surface area contributed by atoms with Crippen LogP contribution in [0.1, 0.15) is 19.3 Å². The Hall–Kier alpha value is 0.220. The smallest absolute Gasteiger partial charge is 0.0624 e. The van der Waals surface area contributed by atoms with E-state index in [9.17, 15) is 0 Å². The van der Waals surface area contributed by atoms with Crippen molar-refractivity contribution in [2.24, 2.45) is 0 Å². The molecular weight excluding hydrogens is 152 g/mol. The Morgan fingerprint density at radius 1 is 1.57 bits per heavy atom. The molecule has 0 aliphatic heterocycles. The van der Waals surface area contributed by atoms with Gasteiger partial charge in [0.15, 0.2) is 0 Å². The van der Waals surface area contributed by atoms with Gasteiger partial charge in [0.25, 0.3) is 0 Å². The maximum absolute atomic E-state index is 3.42. The number of rotatable bonds is 0. The van der Waals surface area contributed by atoms with Crippen LogP contribution in [0.3, 0.4) is 0 Å². The van der Waals surface area contributed by atoms with Crippen LogP contribution in [0.15, 0.2) is 12.2 Å². The summed E-state index contributed by atoms with van der Waals surface area (Å²) >= 11 is 3.42. The van der Waals surface area contributed by atoms with Gasteiger partial charge in [0.05, 0.1) is 4.83 Å². The average molecular weight is 160 g/mol. The van der Waals surface area contributed by atoms with Crippen molar-refractivity contribution in [1.29, 1.82) is 0 Å². The zero-order valence-electron chi connectivity index (χ0n) is 4.15. The van der Waals surface area contributed by atoms with Crippen LogP contribution in [0, 0.1) is 4.83 Å². The lowest BCUT2D eigenvalue weighted by Crippen LogP contribution is -1.86. The Morgan fingerprint density at radius 3 is 2.71 bits per heavy atom. The van der Waals surface area contributed by atoms with E-state index in [0.717, 1.165) is 0 Å². The molecule has 0 spiro atoms. The molecule has 1 aliphatic carbocycles. The molecule has 0 unspecified atom stereocenters. The van der Waals surface area contributed by atoms with Crippen molar-refractivity contribution in [3.8, 4) is 0 Å². The first-order valence-electron chi connectivity index (χ1n) is 2.57. The molecule has 0 nitrogen and oxygen atoms in total. The Kier molecular flexibility index (Phi) is 1.92. The molecule has 0 N–H and O–H groups in total. The minimum Gasteiger partial charge on any atom is -0.0871 e. The lowest BCUT2D eigenvalue weighted by Gasteiger charge is -2.05. The first-order chi connectivity index (χ1) is 3.39. The van der Waals surface area contributed by atoms with E-state index in [0.29, 0.717) is 0 Å². The van der Waals surface area contributed by atoms with Crippen molar-refractivity contribution in [3.05, 3.63) is 17.0 Å². The molecule has 0 bridgehead atoms. The molecule has 39 valence electrons. The fourth-order valence-corrected chi connectivity index (χ4v) is 1.15. The molecule has 0 saturated heterocycles. The van der Waals surface area contributed by atoms with Gasteiger partial charge in [-0.2, -0.15) is 0 Å². The molecule has 1 rings (SSSR count). The zero-order chi connectivity index (χ0) is 5.11. The van der Waals surface area contributed by atoms with Crippen molar-refractivity contribution in [2.45, 2.75) is 19.3 Å². The molecular formula is C6H8Br. The van der Waals surface area contributed by atoms with E-state index in [4.69, 9.17) is 0 Å². The maximum Gasteiger partial charge on any atom is 0.0624 e. The van der Waals surface area contributed by atoms with Crippen molar-refractivity contribution in [1.82, 2.24) is 0 Å². The second kappa shape index (κ2) is 2.51. The minimum absolute atomic E-state index is 1.23. The molecule has 0 fully saturated rings. The number of hydrogen-bond acceptors (Lipinski definition) is 0. The van der Waals surface area contributed by atoms with Gasteiger partial charge < -0.3 is 0 Å². The summed E-state index contributed by atoms with van der Waals surface area (Å²) in [6.07, 6.45) is 8.15.